The highest BCUT2D eigenvalue weighted by atomic mass is 35.5. The molecule has 2 aromatic heterocycles. The Morgan fingerprint density at radius 1 is 1.10 bits per heavy atom. The van der Waals surface area contributed by atoms with Crippen LogP contribution < -0.4 is 0 Å². The van der Waals surface area contributed by atoms with Crippen molar-refractivity contribution in [1.29, 1.82) is 0 Å². The molecule has 0 unspecified atom stereocenters. The minimum absolute atomic E-state index is 0.280. The number of piperidine rings is 1. The first-order valence-corrected chi connectivity index (χ1v) is 11.9. The molecular weight excluding hydrogens is 436 g/mol. The summed E-state index contributed by atoms with van der Waals surface area (Å²) in [6.07, 6.45) is 1.78. The standard InChI is InChI=1S/C22H21ClN4O3S/c1-14-8-10-27(11-9-14)31(28,29)18-5-2-15(3-6-18)21-25-22(30-26-21)20-13-16-12-17(23)4-7-19(16)24-20/h2-7,12-14,24H,8-11H2,1H3. The summed E-state index contributed by atoms with van der Waals surface area (Å²) in [5.74, 6) is 1.31. The Morgan fingerprint density at radius 3 is 2.58 bits per heavy atom. The fraction of sp³-hybridized carbons (Fsp3) is 0.273. The van der Waals surface area contributed by atoms with Crippen LogP contribution in [0.15, 0.2) is 57.9 Å². The molecule has 2 aromatic carbocycles. The SMILES string of the molecule is CC1CCN(S(=O)(=O)c2ccc(-c3noc(-c4cc5cc(Cl)ccc5[nH]4)n3)cc2)CC1. The largest absolute Gasteiger partial charge is 0.351 e. The van der Waals surface area contributed by atoms with Crippen molar-refractivity contribution in [2.45, 2.75) is 24.7 Å². The van der Waals surface area contributed by atoms with Crippen LogP contribution in [-0.4, -0.2) is 40.9 Å². The number of hydrogen-bond acceptors (Lipinski definition) is 5. The van der Waals surface area contributed by atoms with E-state index in [0.29, 0.717) is 47.0 Å². The molecule has 1 N–H and O–H groups in total. The van der Waals surface area contributed by atoms with E-state index in [9.17, 15) is 8.42 Å². The van der Waals surface area contributed by atoms with Crippen LogP contribution in [0.5, 0.6) is 0 Å². The van der Waals surface area contributed by atoms with Gasteiger partial charge in [-0.3, -0.25) is 0 Å². The second-order valence-corrected chi connectivity index (χ2v) is 10.3. The number of H-pyrrole nitrogens is 1. The molecule has 1 aliphatic heterocycles. The van der Waals surface area contributed by atoms with Crippen molar-refractivity contribution in [1.82, 2.24) is 19.4 Å². The van der Waals surface area contributed by atoms with Gasteiger partial charge in [0.1, 0.15) is 5.69 Å². The van der Waals surface area contributed by atoms with Gasteiger partial charge in [-0.1, -0.05) is 23.7 Å². The lowest BCUT2D eigenvalue weighted by atomic mass is 10.0. The molecule has 5 rings (SSSR count). The highest BCUT2D eigenvalue weighted by Crippen LogP contribution is 2.28. The zero-order chi connectivity index (χ0) is 21.6. The molecule has 31 heavy (non-hydrogen) atoms. The normalized spacial score (nSPS) is 16.2. The van der Waals surface area contributed by atoms with Crippen molar-refractivity contribution in [3.63, 3.8) is 0 Å². The second-order valence-electron chi connectivity index (χ2n) is 7.95. The summed E-state index contributed by atoms with van der Waals surface area (Å²) < 4.78 is 32.8. The molecule has 1 aliphatic rings. The summed E-state index contributed by atoms with van der Waals surface area (Å²) >= 11 is 6.05. The summed E-state index contributed by atoms with van der Waals surface area (Å²) in [4.78, 5) is 7.97. The molecule has 0 spiro atoms. The van der Waals surface area contributed by atoms with E-state index in [4.69, 9.17) is 16.1 Å². The molecule has 3 heterocycles. The lowest BCUT2D eigenvalue weighted by Gasteiger charge is -2.29. The second kappa shape index (κ2) is 7.78. The third-order valence-electron chi connectivity index (χ3n) is 5.73. The van der Waals surface area contributed by atoms with Gasteiger partial charge in [0.25, 0.3) is 5.89 Å². The maximum Gasteiger partial charge on any atom is 0.274 e. The molecule has 7 nitrogen and oxygen atoms in total. The number of halogens is 1. The van der Waals surface area contributed by atoms with Crippen LogP contribution in [0.2, 0.25) is 5.02 Å². The number of hydrogen-bond donors (Lipinski definition) is 1. The molecule has 0 radical (unpaired) electrons. The average molecular weight is 457 g/mol. The number of fused-ring (bicyclic) bond motifs is 1. The van der Waals surface area contributed by atoms with E-state index >= 15 is 0 Å². The van der Waals surface area contributed by atoms with Crippen LogP contribution >= 0.6 is 11.6 Å². The Labute approximate surface area is 185 Å². The summed E-state index contributed by atoms with van der Waals surface area (Å²) in [6.45, 7) is 3.28. The monoisotopic (exact) mass is 456 g/mol. The zero-order valence-corrected chi connectivity index (χ0v) is 18.4. The smallest absolute Gasteiger partial charge is 0.274 e. The first kappa shape index (κ1) is 20.2. The quantitative estimate of drug-likeness (QED) is 0.468. The number of sulfonamides is 1. The molecule has 0 atom stereocenters. The minimum Gasteiger partial charge on any atom is -0.351 e. The van der Waals surface area contributed by atoms with Crippen LogP contribution in [-0.2, 0) is 10.0 Å². The highest BCUT2D eigenvalue weighted by Gasteiger charge is 2.28. The van der Waals surface area contributed by atoms with Crippen molar-refractivity contribution >= 4 is 32.5 Å². The van der Waals surface area contributed by atoms with E-state index in [1.807, 2.05) is 24.3 Å². The van der Waals surface area contributed by atoms with E-state index < -0.39 is 10.0 Å². The van der Waals surface area contributed by atoms with Gasteiger partial charge in [-0.2, -0.15) is 9.29 Å². The van der Waals surface area contributed by atoms with Gasteiger partial charge < -0.3 is 9.51 Å². The zero-order valence-electron chi connectivity index (χ0n) is 16.9. The van der Waals surface area contributed by atoms with E-state index in [1.165, 1.54) is 0 Å². The number of aromatic amines is 1. The summed E-state index contributed by atoms with van der Waals surface area (Å²) in [7, 11) is -3.49. The molecule has 4 aromatic rings. The molecule has 0 saturated carbocycles. The molecular formula is C22H21ClN4O3S. The van der Waals surface area contributed by atoms with Crippen molar-refractivity contribution < 1.29 is 12.9 Å². The minimum atomic E-state index is -3.49. The van der Waals surface area contributed by atoms with Gasteiger partial charge in [0.05, 0.1) is 4.90 Å². The van der Waals surface area contributed by atoms with Crippen LogP contribution in [0.3, 0.4) is 0 Å². The van der Waals surface area contributed by atoms with Gasteiger partial charge in [0.2, 0.25) is 15.8 Å². The van der Waals surface area contributed by atoms with Gasteiger partial charge in [-0.05, 0) is 67.3 Å². The summed E-state index contributed by atoms with van der Waals surface area (Å²) in [5.41, 5.74) is 2.29. The molecule has 9 heteroatoms. The van der Waals surface area contributed by atoms with E-state index in [-0.39, 0.29) is 4.90 Å². The summed E-state index contributed by atoms with van der Waals surface area (Å²) in [5, 5.41) is 5.65. The fourth-order valence-electron chi connectivity index (χ4n) is 3.82. The Morgan fingerprint density at radius 2 is 1.84 bits per heavy atom. The maximum absolute atomic E-state index is 12.9. The van der Waals surface area contributed by atoms with E-state index in [1.54, 1.807) is 28.6 Å². The fourth-order valence-corrected chi connectivity index (χ4v) is 5.47. The van der Waals surface area contributed by atoms with Gasteiger partial charge in [0, 0.05) is 34.6 Å². The van der Waals surface area contributed by atoms with Crippen molar-refractivity contribution in [3.8, 4) is 23.0 Å². The molecule has 160 valence electrons. The van der Waals surface area contributed by atoms with Crippen molar-refractivity contribution in [2.24, 2.45) is 5.92 Å². The Hall–Kier alpha value is -2.68. The van der Waals surface area contributed by atoms with Crippen molar-refractivity contribution in [2.75, 3.05) is 13.1 Å². The number of rotatable bonds is 4. The number of nitrogens with one attached hydrogen (secondary N) is 1. The Balaban J connectivity index is 1.38. The van der Waals surface area contributed by atoms with Crippen LogP contribution in [0.25, 0.3) is 33.9 Å². The highest BCUT2D eigenvalue weighted by molar-refractivity contribution is 7.89. The van der Waals surface area contributed by atoms with Crippen LogP contribution in [0.4, 0.5) is 0 Å². The number of aromatic nitrogens is 3. The topological polar surface area (TPSA) is 92.1 Å². The van der Waals surface area contributed by atoms with Crippen LogP contribution in [0, 0.1) is 5.92 Å². The summed E-state index contributed by atoms with van der Waals surface area (Å²) in [6, 6.07) is 14.1. The van der Waals surface area contributed by atoms with Crippen molar-refractivity contribution in [3.05, 3.63) is 53.6 Å². The van der Waals surface area contributed by atoms with Gasteiger partial charge in [-0.25, -0.2) is 8.42 Å². The predicted molar refractivity (Wildman–Crippen MR) is 119 cm³/mol. The van der Waals surface area contributed by atoms with Gasteiger partial charge in [0.15, 0.2) is 0 Å². The molecule has 1 fully saturated rings. The third kappa shape index (κ3) is 3.86. The molecule has 1 saturated heterocycles. The lowest BCUT2D eigenvalue weighted by molar-refractivity contribution is 0.288. The third-order valence-corrected chi connectivity index (χ3v) is 7.88. The Kier molecular flexibility index (Phi) is 5.08. The first-order chi connectivity index (χ1) is 14.9. The maximum atomic E-state index is 12.9. The first-order valence-electron chi connectivity index (χ1n) is 10.1. The molecule has 0 amide bonds. The molecule has 0 bridgehead atoms. The van der Waals surface area contributed by atoms with Gasteiger partial charge in [-0.15, -0.1) is 0 Å². The van der Waals surface area contributed by atoms with Gasteiger partial charge >= 0.3 is 0 Å². The average Bonchev–Trinajstić information content (AvgIpc) is 3.41. The Bertz CT molecular complexity index is 1340. The van der Waals surface area contributed by atoms with Crippen LogP contribution in [0.1, 0.15) is 19.8 Å². The predicted octanol–water partition coefficient (Wildman–Crippen LogP) is 4.96. The van der Waals surface area contributed by atoms with E-state index in [0.717, 1.165) is 23.7 Å². The molecule has 0 aliphatic carbocycles. The van der Waals surface area contributed by atoms with E-state index in [2.05, 4.69) is 22.0 Å². The lowest BCUT2D eigenvalue weighted by Crippen LogP contribution is -2.37. The number of benzene rings is 2. The number of nitrogens with zero attached hydrogens (tertiary/aromatic N) is 3.